The first-order chi connectivity index (χ1) is 14.3. The molecule has 0 atom stereocenters. The zero-order valence-corrected chi connectivity index (χ0v) is 18.4. The van der Waals surface area contributed by atoms with Gasteiger partial charge in [0, 0.05) is 30.7 Å². The van der Waals surface area contributed by atoms with Crippen LogP contribution in [-0.4, -0.2) is 40.2 Å². The molecule has 1 aromatic carbocycles. The first-order valence-corrected chi connectivity index (χ1v) is 10.6. The summed E-state index contributed by atoms with van der Waals surface area (Å²) in [4.78, 5) is 19.0. The Labute approximate surface area is 178 Å². The van der Waals surface area contributed by atoms with Crippen LogP contribution in [-0.2, 0) is 0 Å². The van der Waals surface area contributed by atoms with E-state index in [2.05, 4.69) is 45.4 Å². The number of hydrogen-bond donors (Lipinski definition) is 1. The lowest BCUT2D eigenvalue weighted by Crippen LogP contribution is -2.43. The third-order valence-corrected chi connectivity index (χ3v) is 6.17. The van der Waals surface area contributed by atoms with E-state index in [1.165, 1.54) is 11.9 Å². The Morgan fingerprint density at radius 2 is 1.87 bits per heavy atom. The fraction of sp³-hybridized carbons (Fsp3) is 0.522. The topological polar surface area (TPSA) is 94.8 Å². The van der Waals surface area contributed by atoms with Crippen LogP contribution >= 0.6 is 0 Å². The van der Waals surface area contributed by atoms with Gasteiger partial charge in [-0.3, -0.25) is 4.79 Å². The molecule has 1 saturated carbocycles. The van der Waals surface area contributed by atoms with Gasteiger partial charge in [0.05, 0.1) is 17.8 Å². The molecule has 0 bridgehead atoms. The number of nitrogens with one attached hydrogen (secondary N) is 1. The predicted molar refractivity (Wildman–Crippen MR) is 116 cm³/mol. The minimum Gasteiger partial charge on any atom is -0.371 e. The van der Waals surface area contributed by atoms with E-state index >= 15 is 0 Å². The summed E-state index contributed by atoms with van der Waals surface area (Å²) in [5, 5.41) is 20.4. The molecule has 1 aliphatic rings. The normalized spacial score (nSPS) is 18.7. The Hall–Kier alpha value is -3.01. The summed E-state index contributed by atoms with van der Waals surface area (Å²) in [6.45, 7) is 8.07. The minimum atomic E-state index is -0.208. The van der Waals surface area contributed by atoms with E-state index in [0.717, 1.165) is 42.4 Å². The Morgan fingerprint density at radius 3 is 2.43 bits per heavy atom. The van der Waals surface area contributed by atoms with Gasteiger partial charge in [-0.2, -0.15) is 5.26 Å². The summed E-state index contributed by atoms with van der Waals surface area (Å²) in [6.07, 6.45) is 5.33. The highest BCUT2D eigenvalue weighted by Gasteiger charge is 2.27. The number of carbonyl (C=O) groups excluding carboxylic acids is 1. The van der Waals surface area contributed by atoms with Crippen LogP contribution in [0.15, 0.2) is 18.3 Å². The van der Waals surface area contributed by atoms with Gasteiger partial charge in [0.2, 0.25) is 0 Å². The number of nitrogens with zero attached hydrogens (tertiary/aromatic N) is 5. The molecule has 1 heterocycles. The average Bonchev–Trinajstić information content (AvgIpc) is 2.75. The van der Waals surface area contributed by atoms with Gasteiger partial charge < -0.3 is 10.2 Å². The van der Waals surface area contributed by atoms with E-state index < -0.39 is 0 Å². The van der Waals surface area contributed by atoms with Gasteiger partial charge in [-0.1, -0.05) is 13.8 Å². The van der Waals surface area contributed by atoms with E-state index in [1.807, 2.05) is 32.9 Å². The third kappa shape index (κ3) is 4.59. The molecule has 0 saturated heterocycles. The Morgan fingerprint density at radius 1 is 1.17 bits per heavy atom. The van der Waals surface area contributed by atoms with E-state index in [-0.39, 0.29) is 23.6 Å². The number of nitriles is 1. The number of carbonyl (C=O) groups is 1. The monoisotopic (exact) mass is 406 g/mol. The largest absolute Gasteiger partial charge is 0.371 e. The molecule has 3 rings (SSSR count). The SMILES string of the molecule is Cc1c(C#N)ccc(N(C)C2CCC(NC(=O)c3cnc(C(C)C)nn3)CC2)c1C. The van der Waals surface area contributed by atoms with Gasteiger partial charge in [-0.15, -0.1) is 10.2 Å². The van der Waals surface area contributed by atoms with Crippen LogP contribution in [0.25, 0.3) is 0 Å². The maximum Gasteiger partial charge on any atom is 0.273 e. The molecule has 7 heteroatoms. The molecule has 1 N–H and O–H groups in total. The second-order valence-electron chi connectivity index (χ2n) is 8.44. The van der Waals surface area contributed by atoms with Gasteiger partial charge in [0.15, 0.2) is 11.5 Å². The van der Waals surface area contributed by atoms with Gasteiger partial charge in [0.1, 0.15) is 0 Å². The van der Waals surface area contributed by atoms with Crippen LogP contribution in [0.1, 0.15) is 78.5 Å². The third-order valence-electron chi connectivity index (χ3n) is 6.17. The van der Waals surface area contributed by atoms with Gasteiger partial charge >= 0.3 is 0 Å². The fourth-order valence-corrected chi connectivity index (χ4v) is 4.03. The summed E-state index contributed by atoms with van der Waals surface area (Å²) < 4.78 is 0. The number of hydrogen-bond acceptors (Lipinski definition) is 6. The zero-order chi connectivity index (χ0) is 21.8. The number of aromatic nitrogens is 3. The zero-order valence-electron chi connectivity index (χ0n) is 18.4. The quantitative estimate of drug-likeness (QED) is 0.814. The maximum atomic E-state index is 12.5. The van der Waals surface area contributed by atoms with Crippen molar-refractivity contribution in [2.24, 2.45) is 0 Å². The van der Waals surface area contributed by atoms with Crippen molar-refractivity contribution in [3.63, 3.8) is 0 Å². The van der Waals surface area contributed by atoms with Crippen LogP contribution < -0.4 is 10.2 Å². The molecule has 0 aliphatic heterocycles. The number of anilines is 1. The van der Waals surface area contributed by atoms with Crippen LogP contribution in [0.4, 0.5) is 5.69 Å². The summed E-state index contributed by atoms with van der Waals surface area (Å²) in [7, 11) is 2.12. The molecule has 2 aromatic rings. The molecule has 0 radical (unpaired) electrons. The molecule has 30 heavy (non-hydrogen) atoms. The van der Waals surface area contributed by atoms with Crippen molar-refractivity contribution in [3.05, 3.63) is 46.5 Å². The molecule has 1 amide bonds. The van der Waals surface area contributed by atoms with Crippen molar-refractivity contribution in [2.75, 3.05) is 11.9 Å². The molecule has 0 spiro atoms. The van der Waals surface area contributed by atoms with Crippen LogP contribution in [0.5, 0.6) is 0 Å². The van der Waals surface area contributed by atoms with Gasteiger partial charge in [-0.25, -0.2) is 4.98 Å². The number of rotatable bonds is 5. The van der Waals surface area contributed by atoms with Crippen LogP contribution in [0.3, 0.4) is 0 Å². The number of amides is 1. The lowest BCUT2D eigenvalue weighted by molar-refractivity contribution is 0.0919. The van der Waals surface area contributed by atoms with E-state index in [9.17, 15) is 10.1 Å². The molecule has 158 valence electrons. The average molecular weight is 407 g/mol. The standard InChI is InChI=1S/C23H30N6O/c1-14(2)22-25-13-20(27-28-22)23(30)26-18-7-9-19(10-8-18)29(5)21-11-6-17(12-24)15(3)16(21)4/h6,11,13-14,18-19H,7-10H2,1-5H3,(H,26,30). The van der Waals surface area contributed by atoms with Crippen molar-refractivity contribution in [1.82, 2.24) is 20.5 Å². The smallest absolute Gasteiger partial charge is 0.273 e. The first kappa shape index (κ1) is 21.7. The highest BCUT2D eigenvalue weighted by atomic mass is 16.2. The van der Waals surface area contributed by atoms with E-state index in [1.54, 1.807) is 0 Å². The van der Waals surface area contributed by atoms with Gasteiger partial charge in [0.25, 0.3) is 5.91 Å². The highest BCUT2D eigenvalue weighted by Crippen LogP contribution is 2.31. The molecular weight excluding hydrogens is 376 g/mol. The molecule has 1 aliphatic carbocycles. The van der Waals surface area contributed by atoms with Crippen LogP contribution in [0, 0.1) is 25.2 Å². The minimum absolute atomic E-state index is 0.137. The van der Waals surface area contributed by atoms with Crippen LogP contribution in [0.2, 0.25) is 0 Å². The lowest BCUT2D eigenvalue weighted by Gasteiger charge is -2.37. The lowest BCUT2D eigenvalue weighted by atomic mass is 9.89. The molecule has 7 nitrogen and oxygen atoms in total. The molecule has 1 aromatic heterocycles. The maximum absolute atomic E-state index is 12.5. The summed E-state index contributed by atoms with van der Waals surface area (Å²) in [5.74, 6) is 0.620. The van der Waals surface area contributed by atoms with Gasteiger partial charge in [-0.05, 0) is 62.8 Å². The summed E-state index contributed by atoms with van der Waals surface area (Å²) in [6, 6.07) is 6.75. The van der Waals surface area contributed by atoms with Crippen molar-refractivity contribution in [1.29, 1.82) is 5.26 Å². The van der Waals surface area contributed by atoms with Crippen molar-refractivity contribution in [2.45, 2.75) is 71.4 Å². The molecule has 0 unspecified atom stereocenters. The predicted octanol–water partition coefficient (Wildman–Crippen LogP) is 3.66. The first-order valence-electron chi connectivity index (χ1n) is 10.6. The Balaban J connectivity index is 1.57. The molecular formula is C23H30N6O. The van der Waals surface area contributed by atoms with Crippen molar-refractivity contribution in [3.8, 4) is 6.07 Å². The summed E-state index contributed by atoms with van der Waals surface area (Å²) >= 11 is 0. The number of benzene rings is 1. The highest BCUT2D eigenvalue weighted by molar-refractivity contribution is 5.91. The van der Waals surface area contributed by atoms with E-state index in [4.69, 9.17) is 0 Å². The Kier molecular flexibility index (Phi) is 6.66. The summed E-state index contributed by atoms with van der Waals surface area (Å²) in [5.41, 5.74) is 4.37. The molecule has 1 fully saturated rings. The van der Waals surface area contributed by atoms with E-state index in [0.29, 0.717) is 11.9 Å². The Bertz CT molecular complexity index is 939. The fourth-order valence-electron chi connectivity index (χ4n) is 4.03. The van der Waals surface area contributed by atoms with Crippen molar-refractivity contribution < 1.29 is 4.79 Å². The van der Waals surface area contributed by atoms with Crippen molar-refractivity contribution >= 4 is 11.6 Å². The second-order valence-corrected chi connectivity index (χ2v) is 8.44. The second kappa shape index (κ2) is 9.21.